The molecule has 3 nitrogen and oxygen atoms in total. The Morgan fingerprint density at radius 2 is 2.05 bits per heavy atom. The van der Waals surface area contributed by atoms with Crippen LogP contribution in [0.4, 0.5) is 10.1 Å². The van der Waals surface area contributed by atoms with Gasteiger partial charge in [0.05, 0.1) is 17.8 Å². The molecule has 0 radical (unpaired) electrons. The van der Waals surface area contributed by atoms with Crippen molar-refractivity contribution in [2.45, 2.75) is 0 Å². The summed E-state index contributed by atoms with van der Waals surface area (Å²) < 4.78 is 19.3. The monoisotopic (exact) mass is 335 g/mol. The van der Waals surface area contributed by atoms with Crippen molar-refractivity contribution >= 4 is 44.6 Å². The number of hydrogen-bond acceptors (Lipinski definition) is 3. The molecular formula is C16H11ClFNO2S. The van der Waals surface area contributed by atoms with Crippen LogP contribution in [0.5, 0.6) is 5.75 Å². The summed E-state index contributed by atoms with van der Waals surface area (Å²) in [6.45, 7) is 0. The first kappa shape index (κ1) is 14.8. The molecule has 3 aromatic rings. The SMILES string of the molecule is COc1ccccc1NC(=O)c1sc2ccc(F)cc2c1Cl. The third-order valence-corrected chi connectivity index (χ3v) is 4.83. The van der Waals surface area contributed by atoms with E-state index in [-0.39, 0.29) is 16.7 Å². The van der Waals surface area contributed by atoms with E-state index in [2.05, 4.69) is 5.32 Å². The minimum atomic E-state index is -0.385. The van der Waals surface area contributed by atoms with Gasteiger partial charge in [-0.3, -0.25) is 4.79 Å². The second kappa shape index (κ2) is 5.94. The Labute approximate surface area is 135 Å². The number of para-hydroxylation sites is 2. The lowest BCUT2D eigenvalue weighted by molar-refractivity contribution is 0.103. The van der Waals surface area contributed by atoms with E-state index >= 15 is 0 Å². The third-order valence-electron chi connectivity index (χ3n) is 3.15. The molecule has 1 heterocycles. The van der Waals surface area contributed by atoms with Gasteiger partial charge in [-0.15, -0.1) is 11.3 Å². The Hall–Kier alpha value is -2.11. The molecule has 1 N–H and O–H groups in total. The van der Waals surface area contributed by atoms with Gasteiger partial charge in [-0.05, 0) is 30.3 Å². The van der Waals surface area contributed by atoms with Gasteiger partial charge in [0.1, 0.15) is 16.4 Å². The fraction of sp³-hybridized carbons (Fsp3) is 0.0625. The summed E-state index contributed by atoms with van der Waals surface area (Å²) in [6, 6.07) is 11.4. The Morgan fingerprint density at radius 3 is 2.82 bits per heavy atom. The van der Waals surface area contributed by atoms with Crippen molar-refractivity contribution in [2.75, 3.05) is 12.4 Å². The van der Waals surface area contributed by atoms with Crippen LogP contribution < -0.4 is 10.1 Å². The number of benzene rings is 2. The molecule has 0 saturated heterocycles. The van der Waals surface area contributed by atoms with Crippen LogP contribution in [-0.2, 0) is 0 Å². The highest BCUT2D eigenvalue weighted by molar-refractivity contribution is 7.21. The quantitative estimate of drug-likeness (QED) is 0.735. The first-order chi connectivity index (χ1) is 10.6. The smallest absolute Gasteiger partial charge is 0.267 e. The Bertz CT molecular complexity index is 862. The second-order valence-corrected chi connectivity index (χ2v) is 5.97. The van der Waals surface area contributed by atoms with Crippen molar-refractivity contribution in [2.24, 2.45) is 0 Å². The first-order valence-corrected chi connectivity index (χ1v) is 7.61. The molecule has 1 amide bonds. The molecule has 1 aromatic heterocycles. The molecule has 3 rings (SSSR count). The summed E-state index contributed by atoms with van der Waals surface area (Å²) in [4.78, 5) is 12.8. The lowest BCUT2D eigenvalue weighted by Gasteiger charge is -2.08. The van der Waals surface area contributed by atoms with Gasteiger partial charge in [0.2, 0.25) is 0 Å². The average molecular weight is 336 g/mol. The summed E-state index contributed by atoms with van der Waals surface area (Å²) in [6.07, 6.45) is 0. The maximum atomic E-state index is 13.3. The number of thiophene rings is 1. The van der Waals surface area contributed by atoms with E-state index in [1.54, 1.807) is 24.3 Å². The molecule has 0 spiro atoms. The summed E-state index contributed by atoms with van der Waals surface area (Å²) in [5.74, 6) is -0.181. The number of fused-ring (bicyclic) bond motifs is 1. The fourth-order valence-electron chi connectivity index (χ4n) is 2.11. The number of hydrogen-bond donors (Lipinski definition) is 1. The second-order valence-electron chi connectivity index (χ2n) is 4.54. The molecular weight excluding hydrogens is 325 g/mol. The van der Waals surface area contributed by atoms with Gasteiger partial charge in [0.15, 0.2) is 0 Å². The van der Waals surface area contributed by atoms with E-state index in [1.807, 2.05) is 6.07 Å². The van der Waals surface area contributed by atoms with E-state index in [0.717, 1.165) is 4.70 Å². The van der Waals surface area contributed by atoms with E-state index in [4.69, 9.17) is 16.3 Å². The van der Waals surface area contributed by atoms with Crippen molar-refractivity contribution in [1.29, 1.82) is 0 Å². The van der Waals surface area contributed by atoms with Gasteiger partial charge < -0.3 is 10.1 Å². The largest absolute Gasteiger partial charge is 0.495 e. The maximum absolute atomic E-state index is 13.3. The van der Waals surface area contributed by atoms with Crippen LogP contribution in [0.25, 0.3) is 10.1 Å². The van der Waals surface area contributed by atoms with Crippen LogP contribution >= 0.6 is 22.9 Å². The Balaban J connectivity index is 1.97. The van der Waals surface area contributed by atoms with Gasteiger partial charge in [-0.2, -0.15) is 0 Å². The number of nitrogens with one attached hydrogen (secondary N) is 1. The van der Waals surface area contributed by atoms with Crippen LogP contribution in [0.3, 0.4) is 0 Å². The topological polar surface area (TPSA) is 38.3 Å². The lowest BCUT2D eigenvalue weighted by Crippen LogP contribution is -2.11. The molecule has 6 heteroatoms. The molecule has 0 aliphatic rings. The van der Waals surface area contributed by atoms with Crippen molar-refractivity contribution in [3.8, 4) is 5.75 Å². The Morgan fingerprint density at radius 1 is 1.27 bits per heavy atom. The number of ether oxygens (including phenoxy) is 1. The highest BCUT2D eigenvalue weighted by Crippen LogP contribution is 2.36. The zero-order valence-electron chi connectivity index (χ0n) is 11.5. The first-order valence-electron chi connectivity index (χ1n) is 6.42. The normalized spacial score (nSPS) is 10.7. The minimum Gasteiger partial charge on any atom is -0.495 e. The summed E-state index contributed by atoms with van der Waals surface area (Å²) in [5, 5.41) is 3.56. The zero-order chi connectivity index (χ0) is 15.7. The number of halogens is 2. The molecule has 0 saturated carbocycles. The Kier molecular flexibility index (Phi) is 4.00. The third kappa shape index (κ3) is 2.65. The lowest BCUT2D eigenvalue weighted by atomic mass is 10.2. The van der Waals surface area contributed by atoms with Crippen LogP contribution in [-0.4, -0.2) is 13.0 Å². The predicted molar refractivity (Wildman–Crippen MR) is 87.7 cm³/mol. The van der Waals surface area contributed by atoms with Crippen LogP contribution in [0.1, 0.15) is 9.67 Å². The number of anilines is 1. The van der Waals surface area contributed by atoms with Crippen LogP contribution in [0, 0.1) is 5.82 Å². The number of carbonyl (C=O) groups is 1. The number of amides is 1. The molecule has 112 valence electrons. The zero-order valence-corrected chi connectivity index (χ0v) is 13.1. The predicted octanol–water partition coefficient (Wildman–Crippen LogP) is 4.95. The molecule has 0 unspecified atom stereocenters. The van der Waals surface area contributed by atoms with Gasteiger partial charge in [0, 0.05) is 10.1 Å². The molecule has 0 atom stereocenters. The van der Waals surface area contributed by atoms with Crippen molar-refractivity contribution in [3.63, 3.8) is 0 Å². The minimum absolute atomic E-state index is 0.256. The van der Waals surface area contributed by atoms with Gasteiger partial charge in [0.25, 0.3) is 5.91 Å². The number of rotatable bonds is 3. The highest BCUT2D eigenvalue weighted by Gasteiger charge is 2.18. The van der Waals surface area contributed by atoms with E-state index in [1.165, 1.54) is 30.6 Å². The molecule has 0 fully saturated rings. The average Bonchev–Trinajstić information content (AvgIpc) is 2.85. The highest BCUT2D eigenvalue weighted by atomic mass is 35.5. The van der Waals surface area contributed by atoms with Crippen LogP contribution in [0.15, 0.2) is 42.5 Å². The van der Waals surface area contributed by atoms with Gasteiger partial charge in [-0.25, -0.2) is 4.39 Å². The van der Waals surface area contributed by atoms with Crippen molar-refractivity contribution < 1.29 is 13.9 Å². The molecule has 22 heavy (non-hydrogen) atoms. The molecule has 2 aromatic carbocycles. The molecule has 0 bridgehead atoms. The van der Waals surface area contributed by atoms with Gasteiger partial charge in [-0.1, -0.05) is 23.7 Å². The standard InChI is InChI=1S/C16H11ClFNO2S/c1-21-12-5-3-2-4-11(12)19-16(20)15-14(17)10-8-9(18)6-7-13(10)22-15/h2-8H,1H3,(H,19,20). The van der Waals surface area contributed by atoms with Crippen molar-refractivity contribution in [1.82, 2.24) is 0 Å². The fourth-order valence-corrected chi connectivity index (χ4v) is 3.50. The summed E-state index contributed by atoms with van der Waals surface area (Å²) in [7, 11) is 1.53. The maximum Gasteiger partial charge on any atom is 0.267 e. The van der Waals surface area contributed by atoms with E-state index in [9.17, 15) is 9.18 Å². The van der Waals surface area contributed by atoms with E-state index < -0.39 is 0 Å². The number of carbonyl (C=O) groups excluding carboxylic acids is 1. The van der Waals surface area contributed by atoms with Gasteiger partial charge >= 0.3 is 0 Å². The van der Waals surface area contributed by atoms with E-state index in [0.29, 0.717) is 21.7 Å². The van der Waals surface area contributed by atoms with Crippen molar-refractivity contribution in [3.05, 3.63) is 58.2 Å². The molecule has 0 aliphatic heterocycles. The molecule has 0 aliphatic carbocycles. The summed E-state index contributed by atoms with van der Waals surface area (Å²) in [5.41, 5.74) is 0.551. The van der Waals surface area contributed by atoms with Crippen LogP contribution in [0.2, 0.25) is 5.02 Å². The number of methoxy groups -OCH3 is 1. The summed E-state index contributed by atoms with van der Waals surface area (Å²) >= 11 is 7.44.